The summed E-state index contributed by atoms with van der Waals surface area (Å²) < 4.78 is 5.49. The van der Waals surface area contributed by atoms with E-state index in [0.29, 0.717) is 5.41 Å². The van der Waals surface area contributed by atoms with Crippen LogP contribution in [0.3, 0.4) is 0 Å². The summed E-state index contributed by atoms with van der Waals surface area (Å²) in [7, 11) is 0. The molecule has 0 aromatic carbocycles. The zero-order chi connectivity index (χ0) is 14.4. The van der Waals surface area contributed by atoms with Crippen LogP contribution in [0.1, 0.15) is 38.5 Å². The van der Waals surface area contributed by atoms with Crippen LogP contribution in [-0.2, 0) is 4.74 Å². The molecule has 0 bridgehead atoms. The third kappa shape index (κ3) is 4.33. The Kier molecular flexibility index (Phi) is 5.36. The molecule has 0 aromatic heterocycles. The summed E-state index contributed by atoms with van der Waals surface area (Å²) in [6.45, 7) is 8.30. The van der Waals surface area contributed by atoms with Gasteiger partial charge in [0.2, 0.25) is 0 Å². The minimum atomic E-state index is 0.428. The van der Waals surface area contributed by atoms with Crippen molar-refractivity contribution in [1.29, 1.82) is 0 Å². The fraction of sp³-hybridized carbons (Fsp3) is 0.938. The molecule has 21 heavy (non-hydrogen) atoms. The Labute approximate surface area is 128 Å². The number of hydrogen-bond donors (Lipinski definition) is 2. The summed E-state index contributed by atoms with van der Waals surface area (Å²) in [5.41, 5.74) is 0.428. The molecule has 0 radical (unpaired) electrons. The third-order valence-electron chi connectivity index (χ3n) is 5.11. The van der Waals surface area contributed by atoms with E-state index in [2.05, 4.69) is 20.5 Å². The standard InChI is InChI=1S/C16H30N4O/c1-2-5-16(6-3-1,14-20-9-11-21-12-10-20)13-19-15-17-7-4-8-18-15/h1-14H2,(H2,17,18,19). The molecule has 0 atom stereocenters. The van der Waals surface area contributed by atoms with Gasteiger partial charge in [-0.25, -0.2) is 0 Å². The molecule has 1 saturated carbocycles. The van der Waals surface area contributed by atoms with Gasteiger partial charge < -0.3 is 15.4 Å². The lowest BCUT2D eigenvalue weighted by Gasteiger charge is -2.42. The van der Waals surface area contributed by atoms with Gasteiger partial charge in [0.25, 0.3) is 0 Å². The molecule has 2 N–H and O–H groups in total. The Bertz CT molecular complexity index is 346. The van der Waals surface area contributed by atoms with Gasteiger partial charge >= 0.3 is 0 Å². The molecule has 2 fully saturated rings. The molecule has 0 unspecified atom stereocenters. The highest BCUT2D eigenvalue weighted by molar-refractivity contribution is 5.80. The van der Waals surface area contributed by atoms with E-state index >= 15 is 0 Å². The maximum absolute atomic E-state index is 5.49. The number of guanidine groups is 1. The van der Waals surface area contributed by atoms with E-state index in [-0.39, 0.29) is 0 Å². The summed E-state index contributed by atoms with van der Waals surface area (Å²) in [4.78, 5) is 7.16. The minimum Gasteiger partial charge on any atom is -0.379 e. The van der Waals surface area contributed by atoms with Gasteiger partial charge in [0.05, 0.1) is 13.2 Å². The summed E-state index contributed by atoms with van der Waals surface area (Å²) in [6.07, 6.45) is 8.03. The van der Waals surface area contributed by atoms with Crippen LogP contribution in [-0.4, -0.2) is 63.3 Å². The average molecular weight is 294 g/mol. The summed E-state index contributed by atoms with van der Waals surface area (Å²) in [5.74, 6) is 1.02. The summed E-state index contributed by atoms with van der Waals surface area (Å²) >= 11 is 0. The number of morpholine rings is 1. The van der Waals surface area contributed by atoms with E-state index in [1.165, 1.54) is 38.6 Å². The van der Waals surface area contributed by atoms with E-state index in [1.54, 1.807) is 0 Å². The first-order valence-corrected chi connectivity index (χ1v) is 8.69. The zero-order valence-corrected chi connectivity index (χ0v) is 13.2. The zero-order valence-electron chi connectivity index (χ0n) is 13.2. The van der Waals surface area contributed by atoms with Crippen molar-refractivity contribution in [2.45, 2.75) is 38.5 Å². The van der Waals surface area contributed by atoms with Crippen molar-refractivity contribution < 1.29 is 4.74 Å². The predicted octanol–water partition coefficient (Wildman–Crippen LogP) is 1.21. The average Bonchev–Trinajstić information content (AvgIpc) is 2.56. The number of ether oxygens (including phenoxy) is 1. The molecular weight excluding hydrogens is 264 g/mol. The van der Waals surface area contributed by atoms with Crippen molar-refractivity contribution in [3.8, 4) is 0 Å². The van der Waals surface area contributed by atoms with Crippen molar-refractivity contribution in [2.24, 2.45) is 10.4 Å². The first-order chi connectivity index (χ1) is 10.4. The predicted molar refractivity (Wildman–Crippen MR) is 85.7 cm³/mol. The van der Waals surface area contributed by atoms with Gasteiger partial charge in [-0.3, -0.25) is 9.89 Å². The number of hydrogen-bond acceptors (Lipinski definition) is 5. The molecule has 0 spiro atoms. The van der Waals surface area contributed by atoms with Gasteiger partial charge in [-0.05, 0) is 19.3 Å². The van der Waals surface area contributed by atoms with Crippen molar-refractivity contribution in [3.63, 3.8) is 0 Å². The number of rotatable bonds is 4. The molecule has 0 amide bonds. The largest absolute Gasteiger partial charge is 0.379 e. The fourth-order valence-corrected chi connectivity index (χ4v) is 3.85. The Morgan fingerprint density at radius 3 is 2.67 bits per heavy atom. The Balaban J connectivity index is 1.57. The smallest absolute Gasteiger partial charge is 0.191 e. The van der Waals surface area contributed by atoms with Gasteiger partial charge in [-0.15, -0.1) is 0 Å². The highest BCUT2D eigenvalue weighted by Gasteiger charge is 2.34. The lowest BCUT2D eigenvalue weighted by Crippen LogP contribution is -2.51. The van der Waals surface area contributed by atoms with Crippen LogP contribution < -0.4 is 10.6 Å². The molecule has 5 nitrogen and oxygen atoms in total. The van der Waals surface area contributed by atoms with E-state index in [4.69, 9.17) is 4.74 Å². The SMILES string of the molecule is C1CCC(CNC2=NCCCN2)(CN2CCOCC2)CC1. The van der Waals surface area contributed by atoms with Crippen LogP contribution in [0, 0.1) is 5.41 Å². The van der Waals surface area contributed by atoms with Crippen LogP contribution in [0.15, 0.2) is 4.99 Å². The Hall–Kier alpha value is -0.810. The second-order valence-corrected chi connectivity index (χ2v) is 6.81. The normalized spacial score (nSPS) is 26.8. The molecule has 1 aliphatic carbocycles. The molecule has 0 aromatic rings. The van der Waals surface area contributed by atoms with Crippen LogP contribution in [0.25, 0.3) is 0 Å². The quantitative estimate of drug-likeness (QED) is 0.818. The maximum atomic E-state index is 5.49. The lowest BCUT2D eigenvalue weighted by atomic mass is 9.73. The summed E-state index contributed by atoms with van der Waals surface area (Å²) in [5, 5.41) is 6.99. The molecule has 120 valence electrons. The van der Waals surface area contributed by atoms with Gasteiger partial charge in [0.15, 0.2) is 5.96 Å². The Morgan fingerprint density at radius 1 is 1.14 bits per heavy atom. The highest BCUT2D eigenvalue weighted by Crippen LogP contribution is 2.36. The van der Waals surface area contributed by atoms with E-state index in [1.807, 2.05) is 0 Å². The fourth-order valence-electron chi connectivity index (χ4n) is 3.85. The van der Waals surface area contributed by atoms with E-state index < -0.39 is 0 Å². The topological polar surface area (TPSA) is 48.9 Å². The number of nitrogens with zero attached hydrogens (tertiary/aromatic N) is 2. The molecule has 2 aliphatic heterocycles. The third-order valence-corrected chi connectivity index (χ3v) is 5.11. The van der Waals surface area contributed by atoms with E-state index in [9.17, 15) is 0 Å². The summed E-state index contributed by atoms with van der Waals surface area (Å²) in [6, 6.07) is 0. The maximum Gasteiger partial charge on any atom is 0.191 e. The Morgan fingerprint density at radius 2 is 1.95 bits per heavy atom. The monoisotopic (exact) mass is 294 g/mol. The van der Waals surface area contributed by atoms with Crippen molar-refractivity contribution in [1.82, 2.24) is 15.5 Å². The van der Waals surface area contributed by atoms with Crippen molar-refractivity contribution in [2.75, 3.05) is 52.5 Å². The molecular formula is C16H30N4O. The highest BCUT2D eigenvalue weighted by atomic mass is 16.5. The van der Waals surface area contributed by atoms with Gasteiger partial charge in [0.1, 0.15) is 0 Å². The molecule has 5 heteroatoms. The van der Waals surface area contributed by atoms with Crippen LogP contribution >= 0.6 is 0 Å². The lowest BCUT2D eigenvalue weighted by molar-refractivity contribution is 0.00819. The van der Waals surface area contributed by atoms with Gasteiger partial charge in [-0.1, -0.05) is 19.3 Å². The minimum absolute atomic E-state index is 0.428. The molecule has 2 heterocycles. The second-order valence-electron chi connectivity index (χ2n) is 6.81. The molecule has 3 rings (SSSR count). The van der Waals surface area contributed by atoms with Crippen molar-refractivity contribution in [3.05, 3.63) is 0 Å². The van der Waals surface area contributed by atoms with Crippen LogP contribution in [0.4, 0.5) is 0 Å². The van der Waals surface area contributed by atoms with E-state index in [0.717, 1.165) is 58.3 Å². The number of nitrogens with one attached hydrogen (secondary N) is 2. The van der Waals surface area contributed by atoms with Gasteiger partial charge in [-0.2, -0.15) is 0 Å². The molecule has 1 saturated heterocycles. The van der Waals surface area contributed by atoms with Gasteiger partial charge in [0, 0.05) is 44.7 Å². The second kappa shape index (κ2) is 7.45. The number of aliphatic imine (C=N–C) groups is 1. The van der Waals surface area contributed by atoms with Crippen LogP contribution in [0.2, 0.25) is 0 Å². The first kappa shape index (κ1) is 15.1. The first-order valence-electron chi connectivity index (χ1n) is 8.69. The molecule has 3 aliphatic rings. The van der Waals surface area contributed by atoms with Crippen LogP contribution in [0.5, 0.6) is 0 Å². The van der Waals surface area contributed by atoms with Crippen molar-refractivity contribution >= 4 is 5.96 Å².